The minimum absolute atomic E-state index is 0.0269. The van der Waals surface area contributed by atoms with E-state index >= 15 is 0 Å². The van der Waals surface area contributed by atoms with Crippen LogP contribution in [0.3, 0.4) is 0 Å². The molecule has 0 unspecified atom stereocenters. The van der Waals surface area contributed by atoms with Crippen LogP contribution in [-0.2, 0) is 4.74 Å². The highest BCUT2D eigenvalue weighted by atomic mass is 16.6. The van der Waals surface area contributed by atoms with Crippen molar-refractivity contribution in [2.24, 2.45) is 0 Å². The van der Waals surface area contributed by atoms with Gasteiger partial charge in [0, 0.05) is 0 Å². The lowest BCUT2D eigenvalue weighted by molar-refractivity contribution is -0.385. The van der Waals surface area contributed by atoms with Crippen molar-refractivity contribution < 1.29 is 18.9 Å². The molecule has 0 saturated heterocycles. The molecule has 0 radical (unpaired) electrons. The zero-order chi connectivity index (χ0) is 12.3. The Morgan fingerprint density at radius 3 is 2.62 bits per heavy atom. The molecule has 16 heavy (non-hydrogen) atoms. The second-order valence-electron chi connectivity index (χ2n) is 4.05. The van der Waals surface area contributed by atoms with E-state index in [0.717, 1.165) is 12.3 Å². The average molecular weight is 228 g/mol. The van der Waals surface area contributed by atoms with Crippen molar-refractivity contribution in [3.05, 3.63) is 22.4 Å². The van der Waals surface area contributed by atoms with E-state index in [-0.39, 0.29) is 11.6 Å². The van der Waals surface area contributed by atoms with Gasteiger partial charge in [0.1, 0.15) is 5.60 Å². The molecule has 1 heterocycles. The van der Waals surface area contributed by atoms with Crippen LogP contribution < -0.4 is 5.32 Å². The fraction of sp³-hybridized carbons (Fsp3) is 0.444. The molecule has 0 spiro atoms. The summed E-state index contributed by atoms with van der Waals surface area (Å²) in [5.74, 6) is -0.0269. The summed E-state index contributed by atoms with van der Waals surface area (Å²) in [5, 5.41) is 12.6. The molecule has 0 saturated carbocycles. The standard InChI is InChI=1S/C9H12N2O5/c1-9(2,3)16-8(12)10-7-4-6(5-15-7)11(13)14/h4-5H,1-3H3,(H,10,12). The van der Waals surface area contributed by atoms with Crippen LogP contribution in [0.4, 0.5) is 16.4 Å². The summed E-state index contributed by atoms with van der Waals surface area (Å²) in [7, 11) is 0. The minimum atomic E-state index is -0.725. The molecule has 1 rings (SSSR count). The topological polar surface area (TPSA) is 94.6 Å². The Morgan fingerprint density at radius 1 is 1.56 bits per heavy atom. The van der Waals surface area contributed by atoms with Crippen LogP contribution in [0.1, 0.15) is 20.8 Å². The summed E-state index contributed by atoms with van der Waals surface area (Å²) in [5.41, 5.74) is -0.867. The highest BCUT2D eigenvalue weighted by Gasteiger charge is 2.18. The third kappa shape index (κ3) is 3.60. The van der Waals surface area contributed by atoms with Crippen molar-refractivity contribution in [2.45, 2.75) is 26.4 Å². The van der Waals surface area contributed by atoms with Gasteiger partial charge in [-0.25, -0.2) is 4.79 Å². The largest absolute Gasteiger partial charge is 0.444 e. The normalized spacial score (nSPS) is 10.9. The molecule has 0 atom stereocenters. The number of rotatable bonds is 2. The van der Waals surface area contributed by atoms with Crippen LogP contribution in [0.15, 0.2) is 16.7 Å². The molecule has 7 heteroatoms. The average Bonchev–Trinajstić information content (AvgIpc) is 2.48. The molecule has 1 amide bonds. The summed E-state index contributed by atoms with van der Waals surface area (Å²) in [6.07, 6.45) is 0.212. The molecule has 1 aromatic heterocycles. The zero-order valence-corrected chi connectivity index (χ0v) is 9.14. The third-order valence-electron chi connectivity index (χ3n) is 1.42. The number of nitrogens with zero attached hydrogens (tertiary/aromatic N) is 1. The van der Waals surface area contributed by atoms with Crippen molar-refractivity contribution in [1.82, 2.24) is 0 Å². The summed E-state index contributed by atoms with van der Waals surface area (Å²) in [6.45, 7) is 5.12. The van der Waals surface area contributed by atoms with E-state index in [1.54, 1.807) is 20.8 Å². The lowest BCUT2D eigenvalue weighted by atomic mass is 10.2. The van der Waals surface area contributed by atoms with E-state index in [0.29, 0.717) is 0 Å². The van der Waals surface area contributed by atoms with E-state index in [1.807, 2.05) is 0 Å². The zero-order valence-electron chi connectivity index (χ0n) is 9.14. The van der Waals surface area contributed by atoms with E-state index < -0.39 is 16.6 Å². The van der Waals surface area contributed by atoms with Crippen LogP contribution in [-0.4, -0.2) is 16.6 Å². The van der Waals surface area contributed by atoms with Gasteiger partial charge >= 0.3 is 11.8 Å². The lowest BCUT2D eigenvalue weighted by Crippen LogP contribution is -2.27. The molecule has 1 N–H and O–H groups in total. The Hall–Kier alpha value is -2.05. The van der Waals surface area contributed by atoms with Gasteiger partial charge in [-0.1, -0.05) is 0 Å². The quantitative estimate of drug-likeness (QED) is 0.619. The molecule has 88 valence electrons. The maximum Gasteiger partial charge on any atom is 0.414 e. The molecule has 0 aliphatic rings. The number of nitrogens with one attached hydrogen (secondary N) is 1. The van der Waals surface area contributed by atoms with Crippen molar-refractivity contribution in [3.8, 4) is 0 Å². The second kappa shape index (κ2) is 4.21. The first-order valence-electron chi connectivity index (χ1n) is 4.51. The molecule has 0 fully saturated rings. The number of hydrogen-bond donors (Lipinski definition) is 1. The molecule has 0 aliphatic heterocycles. The first-order valence-corrected chi connectivity index (χ1v) is 4.51. The first kappa shape index (κ1) is 12.0. The van der Waals surface area contributed by atoms with Gasteiger partial charge in [0.05, 0.1) is 11.0 Å². The summed E-state index contributed by atoms with van der Waals surface area (Å²) in [4.78, 5) is 21.0. The predicted octanol–water partition coefficient (Wildman–Crippen LogP) is 2.53. The smallest absolute Gasteiger partial charge is 0.414 e. The second-order valence-corrected chi connectivity index (χ2v) is 4.05. The molecular weight excluding hydrogens is 216 g/mol. The van der Waals surface area contributed by atoms with Gasteiger partial charge in [-0.2, -0.15) is 0 Å². The van der Waals surface area contributed by atoms with E-state index in [1.165, 1.54) is 0 Å². The molecule has 0 aromatic carbocycles. The van der Waals surface area contributed by atoms with Gasteiger partial charge in [0.2, 0.25) is 5.88 Å². The fourth-order valence-electron chi connectivity index (χ4n) is 0.892. The van der Waals surface area contributed by atoms with Crippen molar-refractivity contribution in [1.29, 1.82) is 0 Å². The van der Waals surface area contributed by atoms with Crippen LogP contribution >= 0.6 is 0 Å². The van der Waals surface area contributed by atoms with Gasteiger partial charge in [-0.3, -0.25) is 15.4 Å². The summed E-state index contributed by atoms with van der Waals surface area (Å²) >= 11 is 0. The van der Waals surface area contributed by atoms with Gasteiger partial charge in [0.15, 0.2) is 6.26 Å². The Labute approximate surface area is 91.5 Å². The number of ether oxygens (including phenoxy) is 1. The first-order chi connectivity index (χ1) is 7.28. The van der Waals surface area contributed by atoms with Crippen LogP contribution in [0, 0.1) is 10.1 Å². The summed E-state index contributed by atoms with van der Waals surface area (Å²) in [6, 6.07) is 1.10. The maximum absolute atomic E-state index is 11.2. The number of amides is 1. The van der Waals surface area contributed by atoms with Crippen LogP contribution in [0.5, 0.6) is 0 Å². The number of furan rings is 1. The predicted molar refractivity (Wildman–Crippen MR) is 55.2 cm³/mol. The Bertz CT molecular complexity index is 404. The van der Waals surface area contributed by atoms with Crippen LogP contribution in [0.2, 0.25) is 0 Å². The van der Waals surface area contributed by atoms with E-state index in [9.17, 15) is 14.9 Å². The van der Waals surface area contributed by atoms with E-state index in [2.05, 4.69) is 5.32 Å². The van der Waals surface area contributed by atoms with Gasteiger partial charge in [-0.05, 0) is 20.8 Å². The SMILES string of the molecule is CC(C)(C)OC(=O)Nc1cc([N+](=O)[O-])co1. The number of carbonyl (C=O) groups excluding carboxylic acids is 1. The highest BCUT2D eigenvalue weighted by Crippen LogP contribution is 2.20. The molecule has 0 aliphatic carbocycles. The summed E-state index contributed by atoms with van der Waals surface area (Å²) < 4.78 is 9.69. The van der Waals surface area contributed by atoms with E-state index in [4.69, 9.17) is 9.15 Å². The number of hydrogen-bond acceptors (Lipinski definition) is 5. The minimum Gasteiger partial charge on any atom is -0.444 e. The Balaban J connectivity index is 2.60. The van der Waals surface area contributed by atoms with Gasteiger partial charge in [-0.15, -0.1) is 0 Å². The van der Waals surface area contributed by atoms with Gasteiger partial charge in [0.25, 0.3) is 0 Å². The maximum atomic E-state index is 11.2. The molecular formula is C9H12N2O5. The lowest BCUT2D eigenvalue weighted by Gasteiger charge is -2.18. The highest BCUT2D eigenvalue weighted by molar-refractivity contribution is 5.83. The van der Waals surface area contributed by atoms with Gasteiger partial charge < -0.3 is 9.15 Å². The fourth-order valence-corrected chi connectivity index (χ4v) is 0.892. The number of anilines is 1. The Morgan fingerprint density at radius 2 is 2.19 bits per heavy atom. The Kier molecular flexibility index (Phi) is 3.17. The molecule has 1 aromatic rings. The monoisotopic (exact) mass is 228 g/mol. The molecule has 0 bridgehead atoms. The van der Waals surface area contributed by atoms with Crippen LogP contribution in [0.25, 0.3) is 0 Å². The molecule has 7 nitrogen and oxygen atoms in total. The third-order valence-corrected chi connectivity index (χ3v) is 1.42. The number of nitro groups is 1. The van der Waals surface area contributed by atoms with Crippen molar-refractivity contribution in [3.63, 3.8) is 0 Å². The van der Waals surface area contributed by atoms with Crippen molar-refractivity contribution >= 4 is 17.7 Å². The van der Waals surface area contributed by atoms with Crippen molar-refractivity contribution in [2.75, 3.05) is 5.32 Å². The number of carbonyl (C=O) groups is 1.